The summed E-state index contributed by atoms with van der Waals surface area (Å²) in [5.41, 5.74) is 0. The van der Waals surface area contributed by atoms with Crippen molar-refractivity contribution in [3.05, 3.63) is 0 Å². The van der Waals surface area contributed by atoms with Gasteiger partial charge in [-0.3, -0.25) is 0 Å². The molecule has 0 saturated heterocycles. The largest absolute Gasteiger partial charge is 0.233 e. The second kappa shape index (κ2) is 7.94. The quantitative estimate of drug-likeness (QED) is 0.353. The molecule has 1 atom stereocenters. The van der Waals surface area contributed by atoms with Crippen LogP contribution in [0.2, 0.25) is 0 Å². The smallest absolute Gasteiger partial charge is 0.0902 e. The lowest BCUT2D eigenvalue weighted by molar-refractivity contribution is -0.490. The molecule has 4 heteroatoms. The molecular formula is C7H15O4. The van der Waals surface area contributed by atoms with Crippen LogP contribution < -0.4 is 0 Å². The van der Waals surface area contributed by atoms with Gasteiger partial charge in [-0.25, -0.2) is 15.3 Å². The van der Waals surface area contributed by atoms with Gasteiger partial charge in [0, 0.05) is 0 Å². The Kier molecular flexibility index (Phi) is 7.83. The summed E-state index contributed by atoms with van der Waals surface area (Å²) in [4.78, 5) is 4.22. The Hall–Kier alpha value is -0.160. The van der Waals surface area contributed by atoms with Crippen molar-refractivity contribution in [3.8, 4) is 0 Å². The molecule has 0 aliphatic carbocycles. The van der Waals surface area contributed by atoms with Crippen LogP contribution >= 0.6 is 0 Å². The number of hydrogen-bond donors (Lipinski definition) is 1. The van der Waals surface area contributed by atoms with E-state index >= 15 is 0 Å². The van der Waals surface area contributed by atoms with Gasteiger partial charge in [0.1, 0.15) is 0 Å². The molecule has 0 bridgehead atoms. The van der Waals surface area contributed by atoms with Gasteiger partial charge in [0.15, 0.2) is 0 Å². The maximum atomic E-state index is 10.5. The molecule has 1 radical (unpaired) electrons. The van der Waals surface area contributed by atoms with E-state index in [9.17, 15) is 5.11 Å². The van der Waals surface area contributed by atoms with E-state index < -0.39 is 6.10 Å². The molecule has 0 aromatic heterocycles. The first-order chi connectivity index (χ1) is 5.27. The molecule has 11 heavy (non-hydrogen) atoms. The third-order valence-electron chi connectivity index (χ3n) is 1.39. The van der Waals surface area contributed by atoms with Gasteiger partial charge in [-0.2, -0.15) is 0 Å². The van der Waals surface area contributed by atoms with Gasteiger partial charge in [0.25, 0.3) is 0 Å². The molecule has 0 aromatic carbocycles. The van der Waals surface area contributed by atoms with Gasteiger partial charge in [0.05, 0.1) is 12.7 Å². The Bertz CT molecular complexity index is 74.8. The van der Waals surface area contributed by atoms with Crippen molar-refractivity contribution in [3.63, 3.8) is 0 Å². The lowest BCUT2D eigenvalue weighted by atomic mass is 10.1. The number of unbranched alkanes of at least 4 members (excludes halogenated alkanes) is 2. The average Bonchev–Trinajstić information content (AvgIpc) is 1.96. The molecule has 0 heterocycles. The molecule has 0 spiro atoms. The minimum Gasteiger partial charge on any atom is -0.233 e. The minimum absolute atomic E-state index is 0.379. The van der Waals surface area contributed by atoms with Gasteiger partial charge < -0.3 is 0 Å². The zero-order valence-electron chi connectivity index (χ0n) is 6.78. The number of rotatable bonds is 7. The first-order valence-electron chi connectivity index (χ1n) is 3.86. The SMILES string of the molecule is CC([O])CCCCCOOO. The fourth-order valence-corrected chi connectivity index (χ4v) is 0.807. The highest BCUT2D eigenvalue weighted by molar-refractivity contribution is 4.47. The maximum Gasteiger partial charge on any atom is 0.0902 e. The Morgan fingerprint density at radius 3 is 2.64 bits per heavy atom. The van der Waals surface area contributed by atoms with Gasteiger partial charge in [-0.05, 0) is 19.8 Å². The first-order valence-corrected chi connectivity index (χ1v) is 3.86. The molecule has 0 saturated carbocycles. The van der Waals surface area contributed by atoms with E-state index in [4.69, 9.17) is 5.26 Å². The normalized spacial score (nSPS) is 13.4. The van der Waals surface area contributed by atoms with E-state index in [1.807, 2.05) is 0 Å². The van der Waals surface area contributed by atoms with Crippen molar-refractivity contribution in [1.29, 1.82) is 0 Å². The Balaban J connectivity index is 2.80. The summed E-state index contributed by atoms with van der Waals surface area (Å²) >= 11 is 0. The third kappa shape index (κ3) is 9.84. The molecule has 0 aromatic rings. The lowest BCUT2D eigenvalue weighted by Crippen LogP contribution is -1.98. The third-order valence-corrected chi connectivity index (χ3v) is 1.39. The van der Waals surface area contributed by atoms with Crippen molar-refractivity contribution in [2.75, 3.05) is 6.61 Å². The summed E-state index contributed by atoms with van der Waals surface area (Å²) < 4.78 is 0. The van der Waals surface area contributed by atoms with Crippen LogP contribution in [0.4, 0.5) is 0 Å². The van der Waals surface area contributed by atoms with Crippen LogP contribution in [0.5, 0.6) is 0 Å². The molecule has 0 rings (SSSR count). The number of hydrogen-bond acceptors (Lipinski definition) is 3. The maximum absolute atomic E-state index is 10.5. The molecule has 0 aliphatic rings. The summed E-state index contributed by atoms with van der Waals surface area (Å²) in [6.07, 6.45) is 2.91. The monoisotopic (exact) mass is 163 g/mol. The van der Waals surface area contributed by atoms with E-state index in [-0.39, 0.29) is 0 Å². The van der Waals surface area contributed by atoms with Crippen LogP contribution in [0.3, 0.4) is 0 Å². The fraction of sp³-hybridized carbons (Fsp3) is 1.00. The van der Waals surface area contributed by atoms with E-state index in [2.05, 4.69) is 9.93 Å². The highest BCUT2D eigenvalue weighted by Crippen LogP contribution is 2.03. The molecule has 0 amide bonds. The van der Waals surface area contributed by atoms with E-state index in [1.54, 1.807) is 6.92 Å². The molecule has 67 valence electrons. The minimum atomic E-state index is -0.468. The molecule has 1 N–H and O–H groups in total. The van der Waals surface area contributed by atoms with E-state index in [0.717, 1.165) is 19.3 Å². The summed E-state index contributed by atoms with van der Waals surface area (Å²) in [5.74, 6) is 0. The van der Waals surface area contributed by atoms with Crippen molar-refractivity contribution in [2.24, 2.45) is 0 Å². The van der Waals surface area contributed by atoms with Crippen molar-refractivity contribution >= 4 is 0 Å². The topological polar surface area (TPSA) is 58.6 Å². The fourth-order valence-electron chi connectivity index (χ4n) is 0.807. The van der Waals surface area contributed by atoms with Crippen LogP contribution in [0, 0.1) is 0 Å². The van der Waals surface area contributed by atoms with Crippen LogP contribution in [-0.2, 0) is 15.0 Å². The Labute approximate surface area is 66.6 Å². The van der Waals surface area contributed by atoms with Crippen molar-refractivity contribution < 1.29 is 20.3 Å². The summed E-state index contributed by atoms with van der Waals surface area (Å²) in [6, 6.07) is 0. The highest BCUT2D eigenvalue weighted by atomic mass is 17.5. The molecule has 1 unspecified atom stereocenters. The summed E-state index contributed by atoms with van der Waals surface area (Å²) in [7, 11) is 0. The average molecular weight is 163 g/mol. The van der Waals surface area contributed by atoms with Gasteiger partial charge in [-0.1, -0.05) is 17.9 Å². The predicted molar refractivity (Wildman–Crippen MR) is 38.3 cm³/mol. The van der Waals surface area contributed by atoms with E-state index in [1.165, 1.54) is 0 Å². The van der Waals surface area contributed by atoms with Gasteiger partial charge in [0.2, 0.25) is 0 Å². The zero-order chi connectivity index (χ0) is 8.53. The molecule has 4 nitrogen and oxygen atoms in total. The van der Waals surface area contributed by atoms with Crippen molar-refractivity contribution in [2.45, 2.75) is 38.7 Å². The Morgan fingerprint density at radius 1 is 1.36 bits per heavy atom. The highest BCUT2D eigenvalue weighted by Gasteiger charge is 1.96. The molecular weight excluding hydrogens is 148 g/mol. The first kappa shape index (κ1) is 10.8. The summed E-state index contributed by atoms with van der Waals surface area (Å²) in [5, 5.41) is 21.7. The van der Waals surface area contributed by atoms with Crippen LogP contribution in [0.15, 0.2) is 0 Å². The Morgan fingerprint density at radius 2 is 2.09 bits per heavy atom. The summed E-state index contributed by atoms with van der Waals surface area (Å²) in [6.45, 7) is 2.04. The molecule has 0 aliphatic heterocycles. The van der Waals surface area contributed by atoms with Crippen LogP contribution in [-0.4, -0.2) is 18.0 Å². The zero-order valence-corrected chi connectivity index (χ0v) is 6.78. The van der Waals surface area contributed by atoms with Gasteiger partial charge >= 0.3 is 0 Å². The lowest BCUT2D eigenvalue weighted by Gasteiger charge is -2.00. The van der Waals surface area contributed by atoms with Crippen LogP contribution in [0.25, 0.3) is 0 Å². The second-order valence-electron chi connectivity index (χ2n) is 2.56. The van der Waals surface area contributed by atoms with Crippen LogP contribution in [0.1, 0.15) is 32.6 Å². The van der Waals surface area contributed by atoms with E-state index in [0.29, 0.717) is 13.0 Å². The van der Waals surface area contributed by atoms with Crippen molar-refractivity contribution in [1.82, 2.24) is 0 Å². The van der Waals surface area contributed by atoms with Gasteiger partial charge in [-0.15, -0.1) is 0 Å². The standard InChI is InChI=1S/C7H15O4/c1-7(8)5-3-2-4-6-10-11-9/h7,9H,2-6H2,1H3. The second-order valence-corrected chi connectivity index (χ2v) is 2.56. The molecule has 0 fully saturated rings. The predicted octanol–water partition coefficient (Wildman–Crippen LogP) is 1.79.